The summed E-state index contributed by atoms with van der Waals surface area (Å²) in [6.07, 6.45) is 1.37. The number of nitrogens with two attached hydrogens (primary N) is 1. The minimum Gasteiger partial charge on any atom is -0.379 e. The van der Waals surface area contributed by atoms with Gasteiger partial charge in [0.25, 0.3) is 0 Å². The summed E-state index contributed by atoms with van der Waals surface area (Å²) in [5, 5.41) is 4.03. The number of rotatable bonds is 3. The Morgan fingerprint density at radius 2 is 2.15 bits per heavy atom. The highest BCUT2D eigenvalue weighted by Gasteiger charge is 2.38. The molecule has 3 rings (SSSR count). The number of benzene rings is 1. The van der Waals surface area contributed by atoms with E-state index in [0.29, 0.717) is 31.3 Å². The highest BCUT2D eigenvalue weighted by molar-refractivity contribution is 5.31. The standard InChI is InChI=1S/C15H19N3O2/c1-10-3-4-12(7-11(10)2)8-13-17-14(20-18-13)15(16)5-6-19-9-15/h3-4,7H,5-6,8-9,16H2,1-2H3. The van der Waals surface area contributed by atoms with E-state index in [1.54, 1.807) is 0 Å². The van der Waals surface area contributed by atoms with Gasteiger partial charge in [-0.3, -0.25) is 0 Å². The zero-order valence-corrected chi connectivity index (χ0v) is 11.8. The summed E-state index contributed by atoms with van der Waals surface area (Å²) in [5.74, 6) is 1.15. The first-order valence-corrected chi connectivity index (χ1v) is 6.83. The SMILES string of the molecule is Cc1ccc(Cc2noc(C3(N)CCOC3)n2)cc1C. The number of aromatic nitrogens is 2. The van der Waals surface area contributed by atoms with Gasteiger partial charge >= 0.3 is 0 Å². The molecule has 5 nitrogen and oxygen atoms in total. The minimum absolute atomic E-state index is 0.443. The van der Waals surface area contributed by atoms with Crippen LogP contribution in [0.4, 0.5) is 0 Å². The van der Waals surface area contributed by atoms with Crippen molar-refractivity contribution in [3.8, 4) is 0 Å². The van der Waals surface area contributed by atoms with Crippen LogP contribution in [0.1, 0.15) is 34.8 Å². The summed E-state index contributed by atoms with van der Waals surface area (Å²) in [7, 11) is 0. The molecule has 1 fully saturated rings. The average molecular weight is 273 g/mol. The second-order valence-electron chi connectivity index (χ2n) is 5.57. The van der Waals surface area contributed by atoms with E-state index in [1.165, 1.54) is 16.7 Å². The van der Waals surface area contributed by atoms with Crippen LogP contribution in [0, 0.1) is 13.8 Å². The van der Waals surface area contributed by atoms with Crippen molar-refractivity contribution in [1.29, 1.82) is 0 Å². The van der Waals surface area contributed by atoms with Gasteiger partial charge in [0.15, 0.2) is 5.82 Å². The molecule has 0 amide bonds. The first-order chi connectivity index (χ1) is 9.57. The van der Waals surface area contributed by atoms with Crippen molar-refractivity contribution in [2.24, 2.45) is 5.73 Å². The Bertz CT molecular complexity index is 615. The molecule has 0 saturated carbocycles. The fraction of sp³-hybridized carbons (Fsp3) is 0.467. The molecule has 1 atom stereocenters. The maximum Gasteiger partial charge on any atom is 0.249 e. The van der Waals surface area contributed by atoms with Gasteiger partial charge in [-0.05, 0) is 37.0 Å². The topological polar surface area (TPSA) is 74.2 Å². The molecule has 0 radical (unpaired) electrons. The number of hydrogen-bond acceptors (Lipinski definition) is 5. The Morgan fingerprint density at radius 3 is 2.85 bits per heavy atom. The van der Waals surface area contributed by atoms with Gasteiger partial charge in [0, 0.05) is 13.0 Å². The molecule has 1 aliphatic rings. The third-order valence-electron chi connectivity index (χ3n) is 3.88. The fourth-order valence-electron chi connectivity index (χ4n) is 2.37. The third-order valence-corrected chi connectivity index (χ3v) is 3.88. The van der Waals surface area contributed by atoms with Crippen molar-refractivity contribution in [3.05, 3.63) is 46.6 Å². The zero-order chi connectivity index (χ0) is 14.2. The normalized spacial score (nSPS) is 22.4. The van der Waals surface area contributed by atoms with Crippen molar-refractivity contribution in [2.75, 3.05) is 13.2 Å². The molecular formula is C15H19N3O2. The van der Waals surface area contributed by atoms with Gasteiger partial charge in [-0.2, -0.15) is 4.98 Å². The quantitative estimate of drug-likeness (QED) is 0.923. The summed E-state index contributed by atoms with van der Waals surface area (Å²) < 4.78 is 10.6. The Morgan fingerprint density at radius 1 is 1.30 bits per heavy atom. The first kappa shape index (κ1) is 13.3. The van der Waals surface area contributed by atoms with Gasteiger partial charge < -0.3 is 15.0 Å². The zero-order valence-electron chi connectivity index (χ0n) is 11.8. The second kappa shape index (κ2) is 5.00. The second-order valence-corrected chi connectivity index (χ2v) is 5.57. The third kappa shape index (κ3) is 2.46. The van der Waals surface area contributed by atoms with Crippen molar-refractivity contribution in [3.63, 3.8) is 0 Å². The Balaban J connectivity index is 1.78. The molecule has 2 heterocycles. The Kier molecular flexibility index (Phi) is 3.31. The number of hydrogen-bond donors (Lipinski definition) is 1. The highest BCUT2D eigenvalue weighted by atomic mass is 16.5. The number of ether oxygens (including phenoxy) is 1. The summed E-state index contributed by atoms with van der Waals surface area (Å²) in [6, 6.07) is 6.36. The van der Waals surface area contributed by atoms with E-state index in [-0.39, 0.29) is 0 Å². The first-order valence-electron chi connectivity index (χ1n) is 6.83. The lowest BCUT2D eigenvalue weighted by Crippen LogP contribution is -2.37. The molecule has 0 spiro atoms. The smallest absolute Gasteiger partial charge is 0.249 e. The lowest BCUT2D eigenvalue weighted by molar-refractivity contribution is 0.166. The predicted octanol–water partition coefficient (Wildman–Crippen LogP) is 1.85. The molecule has 1 aromatic heterocycles. The summed E-state index contributed by atoms with van der Waals surface area (Å²) in [4.78, 5) is 4.43. The molecule has 1 unspecified atom stereocenters. The van der Waals surface area contributed by atoms with Gasteiger partial charge in [-0.15, -0.1) is 0 Å². The van der Waals surface area contributed by atoms with Crippen LogP contribution in [-0.2, 0) is 16.7 Å². The van der Waals surface area contributed by atoms with Gasteiger partial charge in [0.1, 0.15) is 5.54 Å². The van der Waals surface area contributed by atoms with E-state index in [1.807, 2.05) is 0 Å². The molecule has 1 aromatic carbocycles. The van der Waals surface area contributed by atoms with Crippen LogP contribution in [0.5, 0.6) is 0 Å². The van der Waals surface area contributed by atoms with E-state index in [4.69, 9.17) is 15.0 Å². The summed E-state index contributed by atoms with van der Waals surface area (Å²) in [5.41, 5.74) is 9.32. The fourth-order valence-corrected chi connectivity index (χ4v) is 2.37. The molecule has 20 heavy (non-hydrogen) atoms. The van der Waals surface area contributed by atoms with Crippen LogP contribution in [0.15, 0.2) is 22.7 Å². The van der Waals surface area contributed by atoms with Crippen molar-refractivity contribution in [2.45, 2.75) is 32.2 Å². The largest absolute Gasteiger partial charge is 0.379 e. The highest BCUT2D eigenvalue weighted by Crippen LogP contribution is 2.26. The van der Waals surface area contributed by atoms with Gasteiger partial charge in [-0.25, -0.2) is 0 Å². The number of nitrogens with zero attached hydrogens (tertiary/aromatic N) is 2. The van der Waals surface area contributed by atoms with Gasteiger partial charge in [0.2, 0.25) is 5.89 Å². The van der Waals surface area contributed by atoms with Gasteiger partial charge in [-0.1, -0.05) is 23.4 Å². The van der Waals surface area contributed by atoms with Crippen molar-refractivity contribution in [1.82, 2.24) is 10.1 Å². The van der Waals surface area contributed by atoms with E-state index < -0.39 is 5.54 Å². The Hall–Kier alpha value is -1.72. The van der Waals surface area contributed by atoms with Crippen LogP contribution >= 0.6 is 0 Å². The lowest BCUT2D eigenvalue weighted by Gasteiger charge is -2.15. The van der Waals surface area contributed by atoms with E-state index >= 15 is 0 Å². The van der Waals surface area contributed by atoms with E-state index in [0.717, 1.165) is 6.42 Å². The van der Waals surface area contributed by atoms with E-state index in [9.17, 15) is 0 Å². The van der Waals surface area contributed by atoms with Crippen LogP contribution in [-0.4, -0.2) is 23.4 Å². The number of aryl methyl sites for hydroxylation is 2. The van der Waals surface area contributed by atoms with Crippen LogP contribution < -0.4 is 5.73 Å². The average Bonchev–Trinajstić information content (AvgIpc) is 3.04. The van der Waals surface area contributed by atoms with Crippen LogP contribution in [0.25, 0.3) is 0 Å². The van der Waals surface area contributed by atoms with Crippen LogP contribution in [0.2, 0.25) is 0 Å². The van der Waals surface area contributed by atoms with Crippen LogP contribution in [0.3, 0.4) is 0 Å². The molecule has 0 bridgehead atoms. The maximum absolute atomic E-state index is 6.21. The van der Waals surface area contributed by atoms with Crippen molar-refractivity contribution >= 4 is 0 Å². The van der Waals surface area contributed by atoms with Crippen molar-refractivity contribution < 1.29 is 9.26 Å². The lowest BCUT2D eigenvalue weighted by atomic mass is 10.0. The molecular weight excluding hydrogens is 254 g/mol. The molecule has 1 saturated heterocycles. The Labute approximate surface area is 118 Å². The molecule has 1 aliphatic heterocycles. The summed E-state index contributed by atoms with van der Waals surface area (Å²) >= 11 is 0. The molecule has 2 aromatic rings. The summed E-state index contributed by atoms with van der Waals surface area (Å²) in [6.45, 7) is 5.29. The molecule has 5 heteroatoms. The maximum atomic E-state index is 6.21. The molecule has 2 N–H and O–H groups in total. The monoisotopic (exact) mass is 273 g/mol. The molecule has 106 valence electrons. The predicted molar refractivity (Wildman–Crippen MR) is 74.3 cm³/mol. The van der Waals surface area contributed by atoms with Gasteiger partial charge in [0.05, 0.1) is 6.61 Å². The minimum atomic E-state index is -0.617. The van der Waals surface area contributed by atoms with E-state index in [2.05, 4.69) is 42.2 Å². The molecule has 0 aliphatic carbocycles.